The summed E-state index contributed by atoms with van der Waals surface area (Å²) in [4.78, 5) is 46.0. The van der Waals surface area contributed by atoms with E-state index in [1.165, 1.54) is 6.92 Å². The van der Waals surface area contributed by atoms with Crippen molar-refractivity contribution in [2.24, 2.45) is 11.7 Å². The van der Waals surface area contributed by atoms with Crippen molar-refractivity contribution in [3.05, 3.63) is 0 Å². The molecule has 1 rings (SSSR count). The molecule has 8 nitrogen and oxygen atoms in total. The average molecular weight is 299 g/mol. The molecule has 0 bridgehead atoms. The Labute approximate surface area is 122 Å². The second kappa shape index (κ2) is 7.61. The Hall–Kier alpha value is -2.12. The highest BCUT2D eigenvalue weighted by Crippen LogP contribution is 2.18. The van der Waals surface area contributed by atoms with Crippen LogP contribution >= 0.6 is 0 Å². The summed E-state index contributed by atoms with van der Waals surface area (Å²) in [7, 11) is 0. The number of amides is 3. The molecule has 1 unspecified atom stereocenters. The summed E-state index contributed by atoms with van der Waals surface area (Å²) in [5, 5.41) is 11.3. The number of hydrogen-bond acceptors (Lipinski definition) is 4. The fourth-order valence-corrected chi connectivity index (χ4v) is 2.33. The Morgan fingerprint density at radius 1 is 1.43 bits per heavy atom. The van der Waals surface area contributed by atoms with Gasteiger partial charge in [0.15, 0.2) is 0 Å². The van der Waals surface area contributed by atoms with Gasteiger partial charge in [0, 0.05) is 26.4 Å². The first-order chi connectivity index (χ1) is 9.81. The van der Waals surface area contributed by atoms with E-state index in [0.29, 0.717) is 32.4 Å². The van der Waals surface area contributed by atoms with Crippen LogP contribution in [-0.2, 0) is 19.2 Å². The first-order valence-corrected chi connectivity index (χ1v) is 6.88. The molecule has 118 valence electrons. The van der Waals surface area contributed by atoms with Crippen molar-refractivity contribution in [2.45, 2.75) is 38.6 Å². The van der Waals surface area contributed by atoms with Crippen LogP contribution < -0.4 is 11.1 Å². The number of unbranched alkanes of at least 4 members (excludes halogenated alkanes) is 1. The fraction of sp³-hybridized carbons (Fsp3) is 0.692. The van der Waals surface area contributed by atoms with E-state index < -0.39 is 23.8 Å². The van der Waals surface area contributed by atoms with E-state index in [1.54, 1.807) is 4.90 Å². The average Bonchev–Trinajstić information content (AvgIpc) is 2.74. The molecule has 4 N–H and O–H groups in total. The monoisotopic (exact) mass is 299 g/mol. The molecule has 2 atom stereocenters. The largest absolute Gasteiger partial charge is 0.480 e. The van der Waals surface area contributed by atoms with E-state index >= 15 is 0 Å². The third kappa shape index (κ3) is 5.41. The van der Waals surface area contributed by atoms with Crippen molar-refractivity contribution in [1.82, 2.24) is 10.2 Å². The highest BCUT2D eigenvalue weighted by Gasteiger charge is 2.32. The van der Waals surface area contributed by atoms with E-state index in [2.05, 4.69) is 5.32 Å². The molecule has 21 heavy (non-hydrogen) atoms. The van der Waals surface area contributed by atoms with Crippen LogP contribution in [0.4, 0.5) is 0 Å². The molecule has 0 aliphatic carbocycles. The maximum Gasteiger partial charge on any atom is 0.326 e. The highest BCUT2D eigenvalue weighted by atomic mass is 16.4. The Kier molecular flexibility index (Phi) is 6.13. The number of nitrogens with two attached hydrogens (primary N) is 1. The highest BCUT2D eigenvalue weighted by molar-refractivity contribution is 5.88. The molecule has 0 aromatic carbocycles. The van der Waals surface area contributed by atoms with E-state index in [9.17, 15) is 19.2 Å². The summed E-state index contributed by atoms with van der Waals surface area (Å²) >= 11 is 0. The molecule has 0 spiro atoms. The van der Waals surface area contributed by atoms with Crippen molar-refractivity contribution in [3.8, 4) is 0 Å². The Morgan fingerprint density at radius 2 is 2.10 bits per heavy atom. The minimum Gasteiger partial charge on any atom is -0.480 e. The number of carbonyl (C=O) groups is 4. The second-order valence-electron chi connectivity index (χ2n) is 5.23. The maximum atomic E-state index is 11.6. The predicted molar refractivity (Wildman–Crippen MR) is 73.0 cm³/mol. The van der Waals surface area contributed by atoms with Gasteiger partial charge >= 0.3 is 5.97 Å². The van der Waals surface area contributed by atoms with Gasteiger partial charge in [0.2, 0.25) is 17.7 Å². The summed E-state index contributed by atoms with van der Waals surface area (Å²) in [6, 6.07) is -0.907. The molecule has 1 aliphatic rings. The zero-order valence-electron chi connectivity index (χ0n) is 12.0. The fourth-order valence-electron chi connectivity index (χ4n) is 2.33. The molecule has 1 aliphatic heterocycles. The number of nitrogens with one attached hydrogen (secondary N) is 1. The van der Waals surface area contributed by atoms with Gasteiger partial charge in [-0.25, -0.2) is 4.79 Å². The first kappa shape index (κ1) is 16.9. The van der Waals surface area contributed by atoms with Crippen molar-refractivity contribution < 1.29 is 24.3 Å². The number of carboxylic acid groups (broad SMARTS) is 1. The van der Waals surface area contributed by atoms with E-state index in [0.717, 1.165) is 0 Å². The second-order valence-corrected chi connectivity index (χ2v) is 5.23. The Morgan fingerprint density at radius 3 is 2.57 bits per heavy atom. The number of carboxylic acids is 1. The van der Waals surface area contributed by atoms with Crippen LogP contribution in [0.25, 0.3) is 0 Å². The van der Waals surface area contributed by atoms with Gasteiger partial charge in [-0.3, -0.25) is 14.4 Å². The molecular formula is C13H21N3O5. The standard InChI is InChI=1S/C13H21N3O5/c1-8(17)15-10(13(20)21)4-2-3-5-16-7-9(12(14)19)6-11(16)18/h9-10H,2-7H2,1H3,(H2,14,19)(H,15,17)(H,20,21)/t9?,10-/m0/s1. The Bertz CT molecular complexity index is 438. The summed E-state index contributed by atoms with van der Waals surface area (Å²) in [6.07, 6.45) is 1.62. The van der Waals surface area contributed by atoms with Crippen LogP contribution in [-0.4, -0.2) is 52.8 Å². The first-order valence-electron chi connectivity index (χ1n) is 6.88. The minimum absolute atomic E-state index is 0.101. The van der Waals surface area contributed by atoms with E-state index in [1.807, 2.05) is 0 Å². The van der Waals surface area contributed by atoms with Crippen LogP contribution in [0.5, 0.6) is 0 Å². The quantitative estimate of drug-likeness (QED) is 0.499. The van der Waals surface area contributed by atoms with Gasteiger partial charge in [-0.05, 0) is 19.3 Å². The van der Waals surface area contributed by atoms with Gasteiger partial charge in [-0.15, -0.1) is 0 Å². The third-order valence-corrected chi connectivity index (χ3v) is 3.46. The summed E-state index contributed by atoms with van der Waals surface area (Å²) in [5.74, 6) is -2.46. The number of nitrogens with zero attached hydrogens (tertiary/aromatic N) is 1. The van der Waals surface area contributed by atoms with E-state index in [-0.39, 0.29) is 18.2 Å². The molecule has 3 amide bonds. The lowest BCUT2D eigenvalue weighted by Crippen LogP contribution is -2.39. The number of aliphatic carboxylic acids is 1. The van der Waals surface area contributed by atoms with Gasteiger partial charge in [0.1, 0.15) is 6.04 Å². The molecule has 1 fully saturated rings. The molecule has 1 heterocycles. The number of hydrogen-bond donors (Lipinski definition) is 3. The normalized spacial score (nSPS) is 19.4. The van der Waals surface area contributed by atoms with Crippen molar-refractivity contribution in [3.63, 3.8) is 0 Å². The Balaban J connectivity index is 2.30. The van der Waals surface area contributed by atoms with Gasteiger partial charge < -0.3 is 21.1 Å². The lowest BCUT2D eigenvalue weighted by atomic mass is 10.1. The van der Waals surface area contributed by atoms with Crippen LogP contribution in [0.2, 0.25) is 0 Å². The lowest BCUT2D eigenvalue weighted by molar-refractivity contribution is -0.141. The number of primary amides is 1. The minimum atomic E-state index is -1.07. The zero-order valence-corrected chi connectivity index (χ0v) is 12.0. The van der Waals surface area contributed by atoms with Crippen LogP contribution in [0, 0.1) is 5.92 Å². The van der Waals surface area contributed by atoms with Crippen molar-refractivity contribution >= 4 is 23.7 Å². The van der Waals surface area contributed by atoms with Crippen LogP contribution in [0.15, 0.2) is 0 Å². The smallest absolute Gasteiger partial charge is 0.326 e. The predicted octanol–water partition coefficient (Wildman–Crippen LogP) is -0.920. The van der Waals surface area contributed by atoms with E-state index in [4.69, 9.17) is 10.8 Å². The molecule has 0 aromatic heterocycles. The van der Waals surface area contributed by atoms with Crippen molar-refractivity contribution in [1.29, 1.82) is 0 Å². The maximum absolute atomic E-state index is 11.6. The summed E-state index contributed by atoms with van der Waals surface area (Å²) < 4.78 is 0. The molecule has 0 aromatic rings. The summed E-state index contributed by atoms with van der Waals surface area (Å²) in [5.41, 5.74) is 5.17. The molecule has 0 radical (unpaired) electrons. The van der Waals surface area contributed by atoms with Gasteiger partial charge in [0.25, 0.3) is 0 Å². The number of likely N-dealkylation sites (tertiary alicyclic amines) is 1. The number of rotatable bonds is 8. The van der Waals surface area contributed by atoms with Gasteiger partial charge in [-0.2, -0.15) is 0 Å². The van der Waals surface area contributed by atoms with Gasteiger partial charge in [0.05, 0.1) is 5.92 Å². The lowest BCUT2D eigenvalue weighted by Gasteiger charge is -2.17. The molecular weight excluding hydrogens is 278 g/mol. The number of carbonyl (C=O) groups excluding carboxylic acids is 3. The van der Waals surface area contributed by atoms with Crippen molar-refractivity contribution in [2.75, 3.05) is 13.1 Å². The zero-order chi connectivity index (χ0) is 16.0. The topological polar surface area (TPSA) is 130 Å². The SMILES string of the molecule is CC(=O)N[C@@H](CCCCN1CC(C(N)=O)CC1=O)C(=O)O. The summed E-state index contributed by atoms with van der Waals surface area (Å²) in [6.45, 7) is 2.07. The molecule has 0 saturated carbocycles. The van der Waals surface area contributed by atoms with Gasteiger partial charge in [-0.1, -0.05) is 0 Å². The van der Waals surface area contributed by atoms with Crippen LogP contribution in [0.1, 0.15) is 32.6 Å². The molecule has 1 saturated heterocycles. The van der Waals surface area contributed by atoms with Crippen LogP contribution in [0.3, 0.4) is 0 Å². The molecule has 8 heteroatoms. The third-order valence-electron chi connectivity index (χ3n) is 3.46.